The highest BCUT2D eigenvalue weighted by atomic mass is 35.5. The fourth-order valence-electron chi connectivity index (χ4n) is 1.67. The van der Waals surface area contributed by atoms with Gasteiger partial charge in [0.2, 0.25) is 10.0 Å². The summed E-state index contributed by atoms with van der Waals surface area (Å²) in [6, 6.07) is 8.35. The van der Waals surface area contributed by atoms with Crippen LogP contribution in [0.3, 0.4) is 0 Å². The topological polar surface area (TPSA) is 72.2 Å². The van der Waals surface area contributed by atoms with E-state index in [0.717, 1.165) is 0 Å². The smallest absolute Gasteiger partial charge is 0.241 e. The first kappa shape index (κ1) is 17.4. The number of benzene rings is 1. The molecule has 0 bridgehead atoms. The maximum atomic E-state index is 12.2. The highest BCUT2D eigenvalue weighted by Gasteiger charge is 2.30. The number of sulfonamides is 1. The molecule has 104 valence electrons. The molecule has 18 heavy (non-hydrogen) atoms. The first-order chi connectivity index (χ1) is 7.99. The third-order valence-electron chi connectivity index (χ3n) is 3.15. The molecule has 0 aliphatic rings. The fourth-order valence-corrected chi connectivity index (χ4v) is 3.24. The Morgan fingerprint density at radius 2 is 1.67 bits per heavy atom. The van der Waals surface area contributed by atoms with Gasteiger partial charge in [-0.3, -0.25) is 0 Å². The van der Waals surface area contributed by atoms with Gasteiger partial charge >= 0.3 is 0 Å². The lowest BCUT2D eigenvalue weighted by atomic mass is 9.95. The number of hydrogen-bond acceptors (Lipinski definition) is 3. The zero-order chi connectivity index (χ0) is 12.9. The molecular weight excluding hydrogens is 272 g/mol. The number of nitrogens with two attached hydrogens (primary N) is 1. The van der Waals surface area contributed by atoms with E-state index in [4.69, 9.17) is 5.73 Å². The summed E-state index contributed by atoms with van der Waals surface area (Å²) in [5, 5.41) is 0. The van der Waals surface area contributed by atoms with E-state index in [0.29, 0.717) is 19.4 Å². The van der Waals surface area contributed by atoms with E-state index < -0.39 is 15.6 Å². The minimum Gasteiger partial charge on any atom is -0.329 e. The van der Waals surface area contributed by atoms with Gasteiger partial charge in [-0.05, 0) is 25.0 Å². The normalized spacial score (nSPS) is 11.9. The molecule has 0 aliphatic carbocycles. The molecule has 1 aromatic rings. The molecule has 1 rings (SSSR count). The van der Waals surface area contributed by atoms with Crippen LogP contribution in [0.15, 0.2) is 35.2 Å². The van der Waals surface area contributed by atoms with Crippen LogP contribution in [-0.4, -0.2) is 20.5 Å². The zero-order valence-electron chi connectivity index (χ0n) is 10.7. The second-order valence-corrected chi connectivity index (χ2v) is 5.79. The number of rotatable bonds is 6. The quantitative estimate of drug-likeness (QED) is 0.841. The van der Waals surface area contributed by atoms with Crippen LogP contribution in [0.2, 0.25) is 0 Å². The van der Waals surface area contributed by atoms with Crippen LogP contribution in [0.4, 0.5) is 0 Å². The van der Waals surface area contributed by atoms with E-state index in [9.17, 15) is 8.42 Å². The van der Waals surface area contributed by atoms with E-state index >= 15 is 0 Å². The zero-order valence-corrected chi connectivity index (χ0v) is 12.4. The van der Waals surface area contributed by atoms with Gasteiger partial charge in [-0.15, -0.1) is 12.4 Å². The van der Waals surface area contributed by atoms with E-state index in [1.807, 2.05) is 13.8 Å². The Hall–Kier alpha value is -0.620. The standard InChI is InChI=1S/C12H20N2O2S.ClH/c1-3-12(4-2,10-13)14-17(15,16)11-8-6-5-7-9-11;/h5-9,14H,3-4,10,13H2,1-2H3;1H. The molecule has 0 saturated carbocycles. The third-order valence-corrected chi connectivity index (χ3v) is 4.74. The average molecular weight is 293 g/mol. The summed E-state index contributed by atoms with van der Waals surface area (Å²) in [5.74, 6) is 0. The Labute approximate surface area is 115 Å². The van der Waals surface area contributed by atoms with Crippen molar-refractivity contribution in [2.75, 3.05) is 6.54 Å². The third kappa shape index (κ3) is 3.95. The summed E-state index contributed by atoms with van der Waals surface area (Å²) in [7, 11) is -3.48. The molecule has 0 unspecified atom stereocenters. The molecule has 0 radical (unpaired) electrons. The Balaban J connectivity index is 0.00000289. The van der Waals surface area contributed by atoms with Crippen molar-refractivity contribution in [2.24, 2.45) is 5.73 Å². The lowest BCUT2D eigenvalue weighted by Gasteiger charge is -2.30. The summed E-state index contributed by atoms with van der Waals surface area (Å²) >= 11 is 0. The van der Waals surface area contributed by atoms with Crippen molar-refractivity contribution < 1.29 is 8.42 Å². The summed E-state index contributed by atoms with van der Waals surface area (Å²) in [4.78, 5) is 0.278. The van der Waals surface area contributed by atoms with Gasteiger partial charge in [0.15, 0.2) is 0 Å². The largest absolute Gasteiger partial charge is 0.329 e. The lowest BCUT2D eigenvalue weighted by Crippen LogP contribution is -2.52. The van der Waals surface area contributed by atoms with Crippen molar-refractivity contribution >= 4 is 22.4 Å². The molecule has 3 N–H and O–H groups in total. The van der Waals surface area contributed by atoms with Gasteiger partial charge in [0.25, 0.3) is 0 Å². The van der Waals surface area contributed by atoms with Gasteiger partial charge in [0.05, 0.1) is 4.90 Å². The van der Waals surface area contributed by atoms with Crippen molar-refractivity contribution in [1.82, 2.24) is 4.72 Å². The molecule has 1 aromatic carbocycles. The highest BCUT2D eigenvalue weighted by molar-refractivity contribution is 7.89. The SMILES string of the molecule is CCC(CC)(CN)NS(=O)(=O)c1ccccc1.Cl. The van der Waals surface area contributed by atoms with Crippen LogP contribution in [0.25, 0.3) is 0 Å². The van der Waals surface area contributed by atoms with Crippen molar-refractivity contribution in [1.29, 1.82) is 0 Å². The molecule has 6 heteroatoms. The first-order valence-corrected chi connectivity index (χ1v) is 7.27. The van der Waals surface area contributed by atoms with E-state index in [1.165, 1.54) is 0 Å². The minimum absolute atomic E-state index is 0. The van der Waals surface area contributed by atoms with Crippen LogP contribution >= 0.6 is 12.4 Å². The van der Waals surface area contributed by atoms with Gasteiger partial charge in [-0.1, -0.05) is 32.0 Å². The van der Waals surface area contributed by atoms with Crippen LogP contribution in [-0.2, 0) is 10.0 Å². The Morgan fingerprint density at radius 1 is 1.17 bits per heavy atom. The molecule has 4 nitrogen and oxygen atoms in total. The van der Waals surface area contributed by atoms with Gasteiger partial charge in [-0.2, -0.15) is 0 Å². The van der Waals surface area contributed by atoms with Crippen molar-refractivity contribution in [3.63, 3.8) is 0 Å². The summed E-state index contributed by atoms with van der Waals surface area (Å²) < 4.78 is 27.0. The second-order valence-electron chi connectivity index (χ2n) is 4.11. The molecule has 0 saturated heterocycles. The Bertz CT molecular complexity index is 436. The minimum atomic E-state index is -3.48. The number of nitrogens with one attached hydrogen (secondary N) is 1. The molecule has 0 amide bonds. The fraction of sp³-hybridized carbons (Fsp3) is 0.500. The average Bonchev–Trinajstić information content (AvgIpc) is 2.37. The van der Waals surface area contributed by atoms with E-state index in [2.05, 4.69) is 4.72 Å². The summed E-state index contributed by atoms with van der Waals surface area (Å²) in [5.41, 5.74) is 5.14. The second kappa shape index (κ2) is 7.09. The molecule has 0 spiro atoms. The van der Waals surface area contributed by atoms with Crippen molar-refractivity contribution in [3.05, 3.63) is 30.3 Å². The number of hydrogen-bond donors (Lipinski definition) is 2. The van der Waals surface area contributed by atoms with Crippen LogP contribution < -0.4 is 10.5 Å². The van der Waals surface area contributed by atoms with Crippen LogP contribution in [0.5, 0.6) is 0 Å². The van der Waals surface area contributed by atoms with Gasteiger partial charge < -0.3 is 5.73 Å². The van der Waals surface area contributed by atoms with Crippen molar-refractivity contribution in [2.45, 2.75) is 37.1 Å². The molecule has 0 aliphatic heterocycles. The van der Waals surface area contributed by atoms with Crippen LogP contribution in [0.1, 0.15) is 26.7 Å². The molecule has 0 heterocycles. The van der Waals surface area contributed by atoms with E-state index in [1.54, 1.807) is 30.3 Å². The van der Waals surface area contributed by atoms with Gasteiger partial charge in [-0.25, -0.2) is 13.1 Å². The van der Waals surface area contributed by atoms with Crippen molar-refractivity contribution in [3.8, 4) is 0 Å². The maximum absolute atomic E-state index is 12.2. The van der Waals surface area contributed by atoms with Gasteiger partial charge in [0.1, 0.15) is 0 Å². The summed E-state index contributed by atoms with van der Waals surface area (Å²) in [6.45, 7) is 4.17. The van der Waals surface area contributed by atoms with Crippen LogP contribution in [0, 0.1) is 0 Å². The maximum Gasteiger partial charge on any atom is 0.241 e. The Kier molecular flexibility index (Phi) is 6.84. The molecular formula is C12H21ClN2O2S. The lowest BCUT2D eigenvalue weighted by molar-refractivity contribution is 0.363. The molecule has 0 fully saturated rings. The molecule has 0 atom stereocenters. The number of halogens is 1. The summed E-state index contributed by atoms with van der Waals surface area (Å²) in [6.07, 6.45) is 1.35. The Morgan fingerprint density at radius 3 is 2.06 bits per heavy atom. The molecule has 0 aromatic heterocycles. The monoisotopic (exact) mass is 292 g/mol. The predicted molar refractivity (Wildman–Crippen MR) is 76.4 cm³/mol. The van der Waals surface area contributed by atoms with E-state index in [-0.39, 0.29) is 17.3 Å². The first-order valence-electron chi connectivity index (χ1n) is 5.79. The predicted octanol–water partition coefficient (Wildman–Crippen LogP) is 1.90. The van der Waals surface area contributed by atoms with Gasteiger partial charge in [0, 0.05) is 12.1 Å². The highest BCUT2D eigenvalue weighted by Crippen LogP contribution is 2.18.